The molecule has 0 aliphatic carbocycles. The molecule has 25 heavy (non-hydrogen) atoms. The van der Waals surface area contributed by atoms with Crippen molar-refractivity contribution in [2.24, 2.45) is 0 Å². The fraction of sp³-hybridized carbons (Fsp3) is 0.250. The lowest BCUT2D eigenvalue weighted by atomic mass is 10.0. The molecule has 0 aliphatic rings. The van der Waals surface area contributed by atoms with E-state index in [2.05, 4.69) is 4.98 Å². The van der Waals surface area contributed by atoms with E-state index in [9.17, 15) is 23.1 Å². The second kappa shape index (κ2) is 6.38. The van der Waals surface area contributed by atoms with Crippen molar-refractivity contribution in [2.75, 3.05) is 6.26 Å². The molecule has 2 aromatic heterocycles. The van der Waals surface area contributed by atoms with Gasteiger partial charge >= 0.3 is 6.18 Å². The molecule has 2 heterocycles. The van der Waals surface area contributed by atoms with Crippen LogP contribution in [0.5, 0.6) is 5.75 Å². The number of thiazole rings is 1. The second-order valence-corrected chi connectivity index (χ2v) is 7.43. The molecule has 9 heteroatoms. The molecule has 0 atom stereocenters. The highest BCUT2D eigenvalue weighted by molar-refractivity contribution is 8.00. The van der Waals surface area contributed by atoms with Gasteiger partial charge < -0.3 is 5.11 Å². The van der Waals surface area contributed by atoms with Crippen LogP contribution in [0.1, 0.15) is 5.56 Å². The number of hydrogen-bond donors (Lipinski definition) is 1. The molecule has 3 aromatic rings. The summed E-state index contributed by atoms with van der Waals surface area (Å²) in [7, 11) is 0. The second-order valence-electron chi connectivity index (χ2n) is 5.38. The third kappa shape index (κ3) is 3.25. The number of aryl methyl sites for hydroxylation is 1. The number of halogens is 3. The first-order chi connectivity index (χ1) is 11.7. The van der Waals surface area contributed by atoms with Gasteiger partial charge in [-0.25, -0.2) is 4.98 Å². The van der Waals surface area contributed by atoms with Crippen molar-refractivity contribution < 1.29 is 18.3 Å². The van der Waals surface area contributed by atoms with E-state index in [4.69, 9.17) is 0 Å². The summed E-state index contributed by atoms with van der Waals surface area (Å²) in [4.78, 5) is 16.9. The fourth-order valence-corrected chi connectivity index (χ4v) is 4.10. The molecular formula is C16H13F3N2O2S2. The minimum Gasteiger partial charge on any atom is -0.505 e. The van der Waals surface area contributed by atoms with Gasteiger partial charge in [0.05, 0.1) is 5.56 Å². The van der Waals surface area contributed by atoms with Crippen molar-refractivity contribution >= 4 is 33.4 Å². The molecule has 0 saturated carbocycles. The number of alkyl halides is 3. The third-order valence-corrected chi connectivity index (χ3v) is 5.72. The number of aromatic hydroxyl groups is 1. The zero-order valence-corrected chi connectivity index (χ0v) is 14.8. The molecule has 0 spiro atoms. The summed E-state index contributed by atoms with van der Waals surface area (Å²) in [6.45, 7) is 0.269. The zero-order valence-electron chi connectivity index (χ0n) is 13.2. The van der Waals surface area contributed by atoms with E-state index in [0.717, 1.165) is 11.3 Å². The molecule has 0 fully saturated rings. The smallest absolute Gasteiger partial charge is 0.406 e. The Morgan fingerprint density at radius 2 is 2.00 bits per heavy atom. The van der Waals surface area contributed by atoms with Crippen LogP contribution < -0.4 is 5.56 Å². The molecule has 0 radical (unpaired) electrons. The maximum Gasteiger partial charge on any atom is 0.406 e. The summed E-state index contributed by atoms with van der Waals surface area (Å²) in [5.41, 5.74) is -0.100. The Morgan fingerprint density at radius 3 is 2.60 bits per heavy atom. The minimum atomic E-state index is -4.58. The zero-order chi connectivity index (χ0) is 18.4. The minimum absolute atomic E-state index is 0.133. The highest BCUT2D eigenvalue weighted by atomic mass is 32.2. The number of benzene rings is 1. The van der Waals surface area contributed by atoms with Crippen LogP contribution in [0, 0.1) is 6.92 Å². The standard InChI is InChI=1S/C16H13F3N2O2S2/c1-8-5-3-4-6-9(8)10-11(22)12-13(20-15(24-2)25-12)21(14(10)23)7-16(17,18)19/h3-6,22H,7H2,1-2H3. The number of nitrogens with zero attached hydrogens (tertiary/aromatic N) is 2. The average molecular weight is 386 g/mol. The number of thioether (sulfide) groups is 1. The molecule has 0 aliphatic heterocycles. The normalized spacial score (nSPS) is 12.0. The average Bonchev–Trinajstić information content (AvgIpc) is 2.97. The monoisotopic (exact) mass is 386 g/mol. The van der Waals surface area contributed by atoms with E-state index < -0.39 is 18.3 Å². The van der Waals surface area contributed by atoms with Crippen LogP contribution in [0.15, 0.2) is 33.4 Å². The largest absolute Gasteiger partial charge is 0.505 e. The van der Waals surface area contributed by atoms with Gasteiger partial charge in [-0.1, -0.05) is 36.0 Å². The van der Waals surface area contributed by atoms with Crippen LogP contribution in [0.25, 0.3) is 21.5 Å². The summed E-state index contributed by atoms with van der Waals surface area (Å²) in [6.07, 6.45) is -2.86. The summed E-state index contributed by atoms with van der Waals surface area (Å²) in [6, 6.07) is 6.75. The number of fused-ring (bicyclic) bond motifs is 1. The van der Waals surface area contributed by atoms with Crippen LogP contribution in [0.2, 0.25) is 0 Å². The number of pyridine rings is 1. The summed E-state index contributed by atoms with van der Waals surface area (Å²) in [5.74, 6) is -0.328. The van der Waals surface area contributed by atoms with E-state index >= 15 is 0 Å². The lowest BCUT2D eigenvalue weighted by Gasteiger charge is -2.14. The Balaban J connectivity index is 2.42. The van der Waals surface area contributed by atoms with E-state index in [1.165, 1.54) is 11.8 Å². The number of rotatable bonds is 3. The molecule has 3 rings (SSSR count). The van der Waals surface area contributed by atoms with Crippen molar-refractivity contribution in [1.82, 2.24) is 9.55 Å². The summed E-state index contributed by atoms with van der Waals surface area (Å²) >= 11 is 2.30. The fourth-order valence-electron chi connectivity index (χ4n) is 2.59. The van der Waals surface area contributed by atoms with Crippen molar-refractivity contribution in [2.45, 2.75) is 24.0 Å². The highest BCUT2D eigenvalue weighted by Crippen LogP contribution is 2.39. The maximum absolute atomic E-state index is 13.0. The first-order valence-corrected chi connectivity index (χ1v) is 9.20. The van der Waals surface area contributed by atoms with Crippen LogP contribution in [-0.4, -0.2) is 27.1 Å². The Morgan fingerprint density at radius 1 is 1.32 bits per heavy atom. The summed E-state index contributed by atoms with van der Waals surface area (Å²) in [5, 5.41) is 10.6. The van der Waals surface area contributed by atoms with E-state index in [0.29, 0.717) is 20.0 Å². The first-order valence-electron chi connectivity index (χ1n) is 7.16. The van der Waals surface area contributed by atoms with Gasteiger partial charge in [-0.2, -0.15) is 13.2 Å². The van der Waals surface area contributed by atoms with Gasteiger partial charge in [0, 0.05) is 0 Å². The Bertz CT molecular complexity index is 1010. The summed E-state index contributed by atoms with van der Waals surface area (Å²) < 4.78 is 40.2. The van der Waals surface area contributed by atoms with Crippen molar-refractivity contribution in [3.05, 3.63) is 40.2 Å². The molecule has 1 N–H and O–H groups in total. The predicted molar refractivity (Wildman–Crippen MR) is 93.6 cm³/mol. The van der Waals surface area contributed by atoms with Gasteiger partial charge in [0.1, 0.15) is 17.0 Å². The van der Waals surface area contributed by atoms with Crippen molar-refractivity contribution in [3.8, 4) is 16.9 Å². The molecule has 132 valence electrons. The van der Waals surface area contributed by atoms with Gasteiger partial charge in [0.25, 0.3) is 5.56 Å². The van der Waals surface area contributed by atoms with Crippen LogP contribution >= 0.6 is 23.1 Å². The maximum atomic E-state index is 13.0. The Hall–Kier alpha value is -2.00. The van der Waals surface area contributed by atoms with Crippen LogP contribution in [-0.2, 0) is 6.54 Å². The molecule has 1 aromatic carbocycles. The first kappa shape index (κ1) is 17.8. The lowest BCUT2D eigenvalue weighted by Crippen LogP contribution is -2.29. The third-order valence-electron chi connectivity index (χ3n) is 3.68. The lowest BCUT2D eigenvalue weighted by molar-refractivity contribution is -0.140. The number of hydrogen-bond acceptors (Lipinski definition) is 5. The molecule has 0 saturated heterocycles. The van der Waals surface area contributed by atoms with Gasteiger partial charge in [-0.15, -0.1) is 11.3 Å². The Labute approximate surface area is 148 Å². The van der Waals surface area contributed by atoms with Crippen molar-refractivity contribution in [3.63, 3.8) is 0 Å². The van der Waals surface area contributed by atoms with Gasteiger partial charge in [0.2, 0.25) is 0 Å². The van der Waals surface area contributed by atoms with Crippen LogP contribution in [0.3, 0.4) is 0 Å². The molecule has 0 bridgehead atoms. The predicted octanol–water partition coefficient (Wildman–Crippen LogP) is 4.42. The molecular weight excluding hydrogens is 373 g/mol. The topological polar surface area (TPSA) is 55.1 Å². The van der Waals surface area contributed by atoms with Gasteiger partial charge in [0.15, 0.2) is 9.99 Å². The van der Waals surface area contributed by atoms with E-state index in [-0.39, 0.29) is 21.7 Å². The van der Waals surface area contributed by atoms with Gasteiger partial charge in [-0.05, 0) is 24.3 Å². The highest BCUT2D eigenvalue weighted by Gasteiger charge is 2.32. The quantitative estimate of drug-likeness (QED) is 0.677. The van der Waals surface area contributed by atoms with Crippen molar-refractivity contribution in [1.29, 1.82) is 0 Å². The SMILES string of the molecule is CSc1nc2c(s1)c(O)c(-c1ccccc1C)c(=O)n2CC(F)(F)F. The molecule has 0 unspecified atom stereocenters. The van der Waals surface area contributed by atoms with Gasteiger partial charge in [-0.3, -0.25) is 9.36 Å². The molecule has 0 amide bonds. The Kier molecular flexibility index (Phi) is 4.54. The van der Waals surface area contributed by atoms with E-state index in [1.807, 2.05) is 0 Å². The van der Waals surface area contributed by atoms with Crippen LogP contribution in [0.4, 0.5) is 13.2 Å². The molecule has 4 nitrogen and oxygen atoms in total. The van der Waals surface area contributed by atoms with E-state index in [1.54, 1.807) is 37.4 Å². The number of aromatic nitrogens is 2.